The summed E-state index contributed by atoms with van der Waals surface area (Å²) >= 11 is 6.82. The Labute approximate surface area is 191 Å². The van der Waals surface area contributed by atoms with Crippen LogP contribution in [0.4, 0.5) is 10.7 Å². The molecule has 0 saturated heterocycles. The Bertz CT molecular complexity index is 1070. The van der Waals surface area contributed by atoms with E-state index in [-0.39, 0.29) is 21.2 Å². The van der Waals surface area contributed by atoms with Crippen molar-refractivity contribution in [2.24, 2.45) is 11.7 Å². The van der Waals surface area contributed by atoms with Gasteiger partial charge in [0.2, 0.25) is 0 Å². The third kappa shape index (κ3) is 6.25. The number of ether oxygens (including phenoxy) is 1. The number of anilines is 1. The molecule has 0 aliphatic heterocycles. The van der Waals surface area contributed by atoms with E-state index >= 15 is 0 Å². The molecule has 1 unspecified atom stereocenters. The van der Waals surface area contributed by atoms with Crippen molar-refractivity contribution in [3.8, 4) is 0 Å². The number of benzene rings is 1. The van der Waals surface area contributed by atoms with E-state index in [0.29, 0.717) is 0 Å². The fourth-order valence-electron chi connectivity index (χ4n) is 2.51. The molecule has 0 saturated carbocycles. The number of hydrogen-bond acceptors (Lipinski definition) is 8. The molecule has 0 spiro atoms. The lowest BCUT2D eigenvalue weighted by Gasteiger charge is -2.20. The summed E-state index contributed by atoms with van der Waals surface area (Å²) < 4.78 is 4.99. The van der Waals surface area contributed by atoms with E-state index in [1.54, 1.807) is 19.2 Å². The fraction of sp³-hybridized carbons (Fsp3) is 0.263. The molecule has 1 aromatic heterocycles. The van der Waals surface area contributed by atoms with Crippen LogP contribution in [0.5, 0.6) is 0 Å². The zero-order valence-electron chi connectivity index (χ0n) is 16.9. The molecule has 0 fully saturated rings. The number of thiophene rings is 1. The van der Waals surface area contributed by atoms with Crippen LogP contribution in [0.25, 0.3) is 0 Å². The second-order valence-electron chi connectivity index (χ2n) is 6.80. The third-order valence-corrected chi connectivity index (χ3v) is 5.29. The molecule has 0 aliphatic rings. The summed E-state index contributed by atoms with van der Waals surface area (Å²) in [5.74, 6) is -3.48. The summed E-state index contributed by atoms with van der Waals surface area (Å²) in [7, 11) is 0. The van der Waals surface area contributed by atoms with Crippen LogP contribution in [0.2, 0.25) is 5.02 Å². The lowest BCUT2D eigenvalue weighted by Crippen LogP contribution is -2.46. The minimum Gasteiger partial charge on any atom is -0.454 e. The Kier molecular flexibility index (Phi) is 8.27. The predicted molar refractivity (Wildman–Crippen MR) is 117 cm³/mol. The van der Waals surface area contributed by atoms with E-state index in [4.69, 9.17) is 22.1 Å². The average molecular weight is 483 g/mol. The molecule has 2 rings (SSSR count). The summed E-state index contributed by atoms with van der Waals surface area (Å²) in [6.45, 7) is 2.61. The Hall–Kier alpha value is -3.51. The van der Waals surface area contributed by atoms with Gasteiger partial charge in [0.05, 0.1) is 10.5 Å². The van der Waals surface area contributed by atoms with Crippen LogP contribution in [0.1, 0.15) is 34.6 Å². The van der Waals surface area contributed by atoms with Gasteiger partial charge in [0.25, 0.3) is 23.4 Å². The number of nitro groups is 1. The number of nitrogens with zero attached hydrogens (tertiary/aromatic N) is 1. The monoisotopic (exact) mass is 482 g/mol. The van der Waals surface area contributed by atoms with Crippen molar-refractivity contribution in [2.45, 2.75) is 19.9 Å². The van der Waals surface area contributed by atoms with Crippen LogP contribution >= 0.6 is 22.9 Å². The molecule has 3 amide bonds. The highest BCUT2D eigenvalue weighted by atomic mass is 35.5. The highest BCUT2D eigenvalue weighted by Gasteiger charge is 2.28. The van der Waals surface area contributed by atoms with Gasteiger partial charge in [0, 0.05) is 11.6 Å². The van der Waals surface area contributed by atoms with Crippen LogP contribution in [-0.2, 0) is 14.3 Å². The first-order valence-corrected chi connectivity index (χ1v) is 10.4. The molecule has 13 heteroatoms. The molecule has 0 bridgehead atoms. The SMILES string of the molecule is CC(C)C(NC(=O)c1ccc(Cl)c([N+](=O)[O-])c1)C(=O)OCC(=O)Nc1sccc1C(N)=O. The van der Waals surface area contributed by atoms with E-state index in [0.717, 1.165) is 17.4 Å². The summed E-state index contributed by atoms with van der Waals surface area (Å²) in [6, 6.07) is 3.78. The normalized spacial score (nSPS) is 11.5. The maximum absolute atomic E-state index is 12.5. The van der Waals surface area contributed by atoms with Gasteiger partial charge in [-0.05, 0) is 29.5 Å². The summed E-state index contributed by atoms with van der Waals surface area (Å²) in [4.78, 5) is 58.6. The number of hydrogen-bond donors (Lipinski definition) is 3. The number of carbonyl (C=O) groups is 4. The molecular weight excluding hydrogens is 464 g/mol. The number of primary amides is 1. The molecule has 11 nitrogen and oxygen atoms in total. The number of carbonyl (C=O) groups excluding carboxylic acids is 4. The lowest BCUT2D eigenvalue weighted by atomic mass is 10.0. The Morgan fingerprint density at radius 2 is 1.94 bits per heavy atom. The summed E-state index contributed by atoms with van der Waals surface area (Å²) in [5, 5.41) is 17.5. The number of nitro benzene ring substituents is 1. The van der Waals surface area contributed by atoms with Gasteiger partial charge in [-0.1, -0.05) is 25.4 Å². The van der Waals surface area contributed by atoms with Crippen LogP contribution in [-0.4, -0.2) is 41.3 Å². The summed E-state index contributed by atoms with van der Waals surface area (Å²) in [5.41, 5.74) is 4.80. The summed E-state index contributed by atoms with van der Waals surface area (Å²) in [6.07, 6.45) is 0. The topological polar surface area (TPSA) is 171 Å². The molecule has 0 radical (unpaired) electrons. The fourth-order valence-corrected chi connectivity index (χ4v) is 3.50. The van der Waals surface area contributed by atoms with Crippen LogP contribution in [0.15, 0.2) is 29.6 Å². The van der Waals surface area contributed by atoms with Crippen molar-refractivity contribution < 1.29 is 28.8 Å². The van der Waals surface area contributed by atoms with Crippen LogP contribution in [0, 0.1) is 16.0 Å². The van der Waals surface area contributed by atoms with Gasteiger partial charge in [-0.3, -0.25) is 24.5 Å². The first kappa shape index (κ1) is 24.8. The van der Waals surface area contributed by atoms with Crippen molar-refractivity contribution in [1.29, 1.82) is 0 Å². The molecular formula is C19H19ClN4O7S. The van der Waals surface area contributed by atoms with Gasteiger partial charge >= 0.3 is 5.97 Å². The molecule has 32 heavy (non-hydrogen) atoms. The van der Waals surface area contributed by atoms with Gasteiger partial charge in [-0.15, -0.1) is 11.3 Å². The van der Waals surface area contributed by atoms with Crippen molar-refractivity contribution >= 4 is 57.3 Å². The largest absolute Gasteiger partial charge is 0.454 e. The van der Waals surface area contributed by atoms with E-state index in [1.807, 2.05) is 0 Å². The number of nitrogens with two attached hydrogens (primary N) is 1. The van der Waals surface area contributed by atoms with Crippen molar-refractivity contribution in [1.82, 2.24) is 5.32 Å². The molecule has 1 heterocycles. The second kappa shape index (κ2) is 10.7. The van der Waals surface area contributed by atoms with E-state index in [2.05, 4.69) is 10.6 Å². The molecule has 1 aromatic carbocycles. The van der Waals surface area contributed by atoms with Crippen molar-refractivity contribution in [3.63, 3.8) is 0 Å². The van der Waals surface area contributed by atoms with Gasteiger partial charge in [-0.25, -0.2) is 4.79 Å². The standard InChI is InChI=1S/C19H19ClN4O7S/c1-9(2)15(23-17(27)10-3-4-12(20)13(7-10)24(29)30)19(28)31-8-14(25)22-18-11(16(21)26)5-6-32-18/h3-7,9,15H,8H2,1-2H3,(H2,21,26)(H,22,25)(H,23,27). The van der Waals surface area contributed by atoms with Crippen LogP contribution < -0.4 is 16.4 Å². The molecule has 170 valence electrons. The zero-order valence-corrected chi connectivity index (χ0v) is 18.5. The van der Waals surface area contributed by atoms with Crippen molar-refractivity contribution in [2.75, 3.05) is 11.9 Å². The Balaban J connectivity index is 2.02. The molecule has 0 aliphatic carbocycles. The van der Waals surface area contributed by atoms with Gasteiger partial charge in [-0.2, -0.15) is 0 Å². The maximum Gasteiger partial charge on any atom is 0.329 e. The number of esters is 1. The van der Waals surface area contributed by atoms with E-state index in [1.165, 1.54) is 18.2 Å². The number of nitrogens with one attached hydrogen (secondary N) is 2. The minimum atomic E-state index is -1.13. The first-order valence-electron chi connectivity index (χ1n) is 9.09. The smallest absolute Gasteiger partial charge is 0.329 e. The minimum absolute atomic E-state index is 0.0750. The van der Waals surface area contributed by atoms with Crippen LogP contribution in [0.3, 0.4) is 0 Å². The lowest BCUT2D eigenvalue weighted by molar-refractivity contribution is -0.384. The van der Waals surface area contributed by atoms with E-state index < -0.39 is 52.9 Å². The first-order chi connectivity index (χ1) is 15.0. The number of amides is 3. The van der Waals surface area contributed by atoms with Gasteiger partial charge in [0.15, 0.2) is 6.61 Å². The molecule has 4 N–H and O–H groups in total. The molecule has 2 aromatic rings. The quantitative estimate of drug-likeness (QED) is 0.279. The number of rotatable bonds is 9. The average Bonchev–Trinajstić information content (AvgIpc) is 3.18. The van der Waals surface area contributed by atoms with Gasteiger partial charge < -0.3 is 21.1 Å². The Morgan fingerprint density at radius 3 is 2.53 bits per heavy atom. The third-order valence-electron chi connectivity index (χ3n) is 4.14. The number of halogens is 1. The maximum atomic E-state index is 12.5. The van der Waals surface area contributed by atoms with Crippen molar-refractivity contribution in [3.05, 3.63) is 55.9 Å². The molecule has 1 atom stereocenters. The predicted octanol–water partition coefficient (Wildman–Crippen LogP) is 2.34. The second-order valence-corrected chi connectivity index (χ2v) is 8.13. The highest BCUT2D eigenvalue weighted by molar-refractivity contribution is 7.14. The van der Waals surface area contributed by atoms with E-state index in [9.17, 15) is 29.3 Å². The Morgan fingerprint density at radius 1 is 1.25 bits per heavy atom. The zero-order chi connectivity index (χ0) is 24.0. The highest BCUT2D eigenvalue weighted by Crippen LogP contribution is 2.25. The van der Waals surface area contributed by atoms with Gasteiger partial charge in [0.1, 0.15) is 16.1 Å².